The monoisotopic (exact) mass is 629 g/mol. The molecule has 0 radical (unpaired) electrons. The Hall–Kier alpha value is -4.13. The Morgan fingerprint density at radius 2 is 1.67 bits per heavy atom. The number of anilines is 1. The molecular weight excluding hydrogens is 590 g/mol. The molecule has 3 aromatic rings. The zero-order valence-corrected chi connectivity index (χ0v) is 25.7. The molecule has 0 bridgehead atoms. The number of β-amino-alcohol motifs (C(OH)–C–C–N with tert-alkyl or cyclic N) is 1. The van der Waals surface area contributed by atoms with E-state index in [1.165, 1.54) is 0 Å². The van der Waals surface area contributed by atoms with E-state index in [9.17, 15) is 24.6 Å². The van der Waals surface area contributed by atoms with Crippen molar-refractivity contribution in [2.24, 2.45) is 5.92 Å². The van der Waals surface area contributed by atoms with Crippen molar-refractivity contribution in [2.75, 3.05) is 24.5 Å². The Morgan fingerprint density at radius 3 is 2.35 bits per heavy atom. The quantitative estimate of drug-likeness (QED) is 0.303. The Kier molecular flexibility index (Phi) is 9.76. The zero-order chi connectivity index (χ0) is 32.2. The molecular formula is C35H39N3O8. The summed E-state index contributed by atoms with van der Waals surface area (Å²) in [6.45, 7) is 4.13. The first-order valence-electron chi connectivity index (χ1n) is 15.6. The van der Waals surface area contributed by atoms with Crippen molar-refractivity contribution in [1.29, 1.82) is 0 Å². The maximum Gasteiger partial charge on any atom is 0.408 e. The summed E-state index contributed by atoms with van der Waals surface area (Å²) >= 11 is 0. The van der Waals surface area contributed by atoms with Crippen molar-refractivity contribution >= 4 is 23.6 Å². The number of ether oxygens (including phenoxy) is 3. The van der Waals surface area contributed by atoms with Gasteiger partial charge in [-0.2, -0.15) is 0 Å². The number of rotatable bonds is 9. The lowest BCUT2D eigenvalue weighted by Crippen LogP contribution is -2.44. The maximum absolute atomic E-state index is 13.2. The van der Waals surface area contributed by atoms with E-state index in [0.29, 0.717) is 18.8 Å². The second-order valence-corrected chi connectivity index (χ2v) is 12.1. The number of aliphatic hydroxyl groups excluding tert-OH is 2. The van der Waals surface area contributed by atoms with Crippen LogP contribution >= 0.6 is 0 Å². The van der Waals surface area contributed by atoms with Crippen LogP contribution in [0.2, 0.25) is 0 Å². The number of nitrogens with one attached hydrogen (secondary N) is 1. The minimum Gasteiger partial charge on any atom is -0.445 e. The molecule has 11 heteroatoms. The second kappa shape index (κ2) is 14.1. The highest BCUT2D eigenvalue weighted by atomic mass is 16.7. The minimum absolute atomic E-state index is 0.00287. The number of aliphatic hydroxyl groups is 2. The third-order valence-corrected chi connectivity index (χ3v) is 8.88. The van der Waals surface area contributed by atoms with Gasteiger partial charge in [-0.1, -0.05) is 73.7 Å². The van der Waals surface area contributed by atoms with E-state index in [-0.39, 0.29) is 43.9 Å². The standard InChI is InChI=1S/C35H39N3O8/c1-22-30(19-37-16-15-28(40)18-37)45-34(46-32(22)25-9-7-23(20-39)8-10-25)26-11-13-27(14-12-26)38-31(41)17-29(33(38)42)36-35(43)44-21-24-5-3-2-4-6-24/h2-14,22,28-30,32,34,39-40H,15-21H2,1H3,(H,36,43). The molecule has 3 heterocycles. The van der Waals surface area contributed by atoms with Crippen molar-refractivity contribution in [1.82, 2.24) is 10.2 Å². The topological polar surface area (TPSA) is 138 Å². The van der Waals surface area contributed by atoms with Gasteiger partial charge in [0.05, 0.1) is 37.0 Å². The lowest BCUT2D eigenvalue weighted by molar-refractivity contribution is -0.276. The van der Waals surface area contributed by atoms with Crippen LogP contribution in [0.25, 0.3) is 0 Å². The van der Waals surface area contributed by atoms with Crippen LogP contribution in [0.3, 0.4) is 0 Å². The van der Waals surface area contributed by atoms with Crippen LogP contribution in [0.1, 0.15) is 54.4 Å². The van der Waals surface area contributed by atoms with Crippen molar-refractivity contribution in [3.8, 4) is 0 Å². The number of carbonyl (C=O) groups excluding carboxylic acids is 3. The van der Waals surface area contributed by atoms with Crippen LogP contribution in [0, 0.1) is 5.92 Å². The molecule has 3 aliphatic rings. The highest BCUT2D eigenvalue weighted by Gasteiger charge is 2.42. The van der Waals surface area contributed by atoms with Gasteiger partial charge in [0.2, 0.25) is 5.91 Å². The molecule has 242 valence electrons. The minimum atomic E-state index is -1.02. The average molecular weight is 630 g/mol. The Balaban J connectivity index is 1.14. The van der Waals surface area contributed by atoms with Gasteiger partial charge in [-0.05, 0) is 35.2 Å². The smallest absolute Gasteiger partial charge is 0.408 e. The first-order chi connectivity index (χ1) is 22.3. The third-order valence-electron chi connectivity index (χ3n) is 8.88. The highest BCUT2D eigenvalue weighted by Crippen LogP contribution is 2.42. The number of alkyl carbamates (subject to hydrolysis) is 1. The van der Waals surface area contributed by atoms with Gasteiger partial charge in [-0.3, -0.25) is 14.5 Å². The van der Waals surface area contributed by atoms with Gasteiger partial charge >= 0.3 is 6.09 Å². The van der Waals surface area contributed by atoms with Gasteiger partial charge in [0, 0.05) is 31.1 Å². The van der Waals surface area contributed by atoms with E-state index in [1.54, 1.807) is 24.3 Å². The molecule has 3 amide bonds. The van der Waals surface area contributed by atoms with Crippen molar-refractivity contribution < 1.29 is 38.8 Å². The fourth-order valence-electron chi connectivity index (χ4n) is 6.26. The number of benzene rings is 3. The molecule has 0 saturated carbocycles. The van der Waals surface area contributed by atoms with Crippen molar-refractivity contribution in [3.05, 3.63) is 101 Å². The Bertz CT molecular complexity index is 1520. The van der Waals surface area contributed by atoms with Crippen LogP contribution in [0.15, 0.2) is 78.9 Å². The van der Waals surface area contributed by atoms with E-state index < -0.39 is 30.2 Å². The number of hydrogen-bond donors (Lipinski definition) is 3. The molecule has 3 N–H and O–H groups in total. The first-order valence-corrected chi connectivity index (χ1v) is 15.6. The van der Waals surface area contributed by atoms with Gasteiger partial charge in [0.1, 0.15) is 12.6 Å². The molecule has 6 unspecified atom stereocenters. The van der Waals surface area contributed by atoms with E-state index in [0.717, 1.165) is 40.1 Å². The fraction of sp³-hybridized carbons (Fsp3) is 0.400. The van der Waals surface area contributed by atoms with Gasteiger partial charge in [-0.15, -0.1) is 0 Å². The summed E-state index contributed by atoms with van der Waals surface area (Å²) in [4.78, 5) is 41.7. The number of amides is 3. The summed E-state index contributed by atoms with van der Waals surface area (Å²) in [6.07, 6.45) is -1.76. The van der Waals surface area contributed by atoms with Gasteiger partial charge in [0.25, 0.3) is 5.91 Å². The predicted molar refractivity (Wildman–Crippen MR) is 167 cm³/mol. The number of carbonyl (C=O) groups is 3. The Morgan fingerprint density at radius 1 is 0.957 bits per heavy atom. The lowest BCUT2D eigenvalue weighted by Gasteiger charge is -2.42. The number of hydrogen-bond acceptors (Lipinski definition) is 9. The van der Waals surface area contributed by atoms with Crippen LogP contribution in [0.5, 0.6) is 0 Å². The molecule has 3 saturated heterocycles. The summed E-state index contributed by atoms with van der Waals surface area (Å²) in [5.74, 6) is -0.964. The fourth-order valence-corrected chi connectivity index (χ4v) is 6.26. The molecule has 6 atom stereocenters. The summed E-state index contributed by atoms with van der Waals surface area (Å²) in [7, 11) is 0. The largest absolute Gasteiger partial charge is 0.445 e. The molecule has 3 aromatic carbocycles. The molecule has 3 fully saturated rings. The molecule has 6 rings (SSSR count). The second-order valence-electron chi connectivity index (χ2n) is 12.1. The summed E-state index contributed by atoms with van der Waals surface area (Å²) in [6, 6.07) is 22.7. The highest BCUT2D eigenvalue weighted by molar-refractivity contribution is 6.22. The third kappa shape index (κ3) is 7.14. The lowest BCUT2D eigenvalue weighted by atomic mass is 9.90. The number of imide groups is 1. The average Bonchev–Trinajstić information content (AvgIpc) is 3.61. The van der Waals surface area contributed by atoms with E-state index in [2.05, 4.69) is 17.1 Å². The van der Waals surface area contributed by atoms with Crippen LogP contribution in [-0.2, 0) is 37.0 Å². The SMILES string of the molecule is CC1C(CN2CCC(O)C2)OC(c2ccc(N3C(=O)CC(NC(=O)OCc4ccccc4)C3=O)cc2)OC1c1ccc(CO)cc1. The van der Waals surface area contributed by atoms with Crippen molar-refractivity contribution in [3.63, 3.8) is 0 Å². The first kappa shape index (κ1) is 31.8. The van der Waals surface area contributed by atoms with Gasteiger partial charge < -0.3 is 29.7 Å². The Labute approximate surface area is 267 Å². The molecule has 0 aliphatic carbocycles. The predicted octanol–water partition coefficient (Wildman–Crippen LogP) is 3.60. The molecule has 11 nitrogen and oxygen atoms in total. The number of likely N-dealkylation sites (tertiary alicyclic amines) is 1. The maximum atomic E-state index is 13.2. The normalized spacial score (nSPS) is 26.8. The van der Waals surface area contributed by atoms with E-state index in [4.69, 9.17) is 14.2 Å². The van der Waals surface area contributed by atoms with Crippen LogP contribution < -0.4 is 10.2 Å². The summed E-state index contributed by atoms with van der Waals surface area (Å²) in [5.41, 5.74) is 3.68. The summed E-state index contributed by atoms with van der Waals surface area (Å²) < 4.78 is 18.3. The number of nitrogens with zero attached hydrogens (tertiary/aromatic N) is 2. The van der Waals surface area contributed by atoms with Gasteiger partial charge in [-0.25, -0.2) is 9.69 Å². The van der Waals surface area contributed by atoms with Crippen LogP contribution in [-0.4, -0.2) is 70.9 Å². The molecule has 46 heavy (non-hydrogen) atoms. The summed E-state index contributed by atoms with van der Waals surface area (Å²) in [5, 5.41) is 22.1. The van der Waals surface area contributed by atoms with Crippen molar-refractivity contribution in [2.45, 2.75) is 63.6 Å². The van der Waals surface area contributed by atoms with Crippen LogP contribution in [0.4, 0.5) is 10.5 Å². The van der Waals surface area contributed by atoms with E-state index in [1.807, 2.05) is 54.6 Å². The van der Waals surface area contributed by atoms with E-state index >= 15 is 0 Å². The molecule has 3 aliphatic heterocycles. The molecule has 0 aromatic heterocycles. The zero-order valence-electron chi connectivity index (χ0n) is 25.7. The molecule has 0 spiro atoms. The van der Waals surface area contributed by atoms with Gasteiger partial charge in [0.15, 0.2) is 6.29 Å².